The van der Waals surface area contributed by atoms with Crippen molar-refractivity contribution >= 4 is 20.4 Å². The van der Waals surface area contributed by atoms with E-state index in [1.54, 1.807) is 0 Å². The summed E-state index contributed by atoms with van der Waals surface area (Å²) in [6.07, 6.45) is 6.44. The molecule has 0 amide bonds. The van der Waals surface area contributed by atoms with Gasteiger partial charge in [0.15, 0.2) is 0 Å². The normalized spacial score (nSPS) is 14.5. The van der Waals surface area contributed by atoms with Crippen molar-refractivity contribution in [2.24, 2.45) is 11.8 Å². The second-order valence-electron chi connectivity index (χ2n) is 5.45. The molecule has 94 valence electrons. The quantitative estimate of drug-likeness (QED) is 0.404. The maximum absolute atomic E-state index is 10.7. The van der Waals surface area contributed by atoms with Crippen molar-refractivity contribution in [2.45, 2.75) is 69.2 Å². The lowest BCUT2D eigenvalue weighted by Gasteiger charge is -2.14. The fraction of sp³-hybridized carbons (Fsp3) is 0.929. The molecule has 0 N–H and O–H groups in total. The van der Waals surface area contributed by atoms with E-state index in [1.165, 1.54) is 42.5 Å². The van der Waals surface area contributed by atoms with Crippen LogP contribution >= 0.6 is 0 Å². The molecule has 1 nitrogen and oxygen atoms in total. The van der Waals surface area contributed by atoms with Crippen molar-refractivity contribution in [3.8, 4) is 0 Å². The Morgan fingerprint density at radius 2 is 1.44 bits per heavy atom. The predicted molar refractivity (Wildman–Crippen MR) is 74.4 cm³/mol. The van der Waals surface area contributed by atoms with Crippen LogP contribution in [-0.2, 0) is 4.79 Å². The van der Waals surface area contributed by atoms with Crippen LogP contribution in [0.15, 0.2) is 0 Å². The first-order valence-electron chi connectivity index (χ1n) is 7.07. The topological polar surface area (TPSA) is 17.1 Å². The van der Waals surface area contributed by atoms with Gasteiger partial charge < -0.3 is 4.79 Å². The SMILES string of the molecule is CCC(C)C[CH2][Al]([CH2]C=O)[CH2]CC(C)CC. The average molecular weight is 240 g/mol. The average Bonchev–Trinajstić information content (AvgIpc) is 2.31. The molecular formula is C14H29AlO. The Balaban J connectivity index is 3.82. The van der Waals surface area contributed by atoms with Gasteiger partial charge in [0.05, 0.1) is 0 Å². The van der Waals surface area contributed by atoms with E-state index in [0.29, 0.717) is 0 Å². The molecule has 0 aromatic carbocycles. The molecule has 2 unspecified atom stereocenters. The third kappa shape index (κ3) is 8.37. The first-order valence-corrected chi connectivity index (χ1v) is 9.52. The van der Waals surface area contributed by atoms with Crippen molar-refractivity contribution < 1.29 is 4.79 Å². The van der Waals surface area contributed by atoms with Gasteiger partial charge in [-0.3, -0.25) is 0 Å². The standard InChI is InChI=1S/2C6H13.C2H3O.Al/c2*1-4-6(3)5-2;1-2-3;/h2*6H,1,4-5H2,2-3H3;2H,1H2;. The maximum Gasteiger partial charge on any atom is 0.271 e. The molecular weight excluding hydrogens is 211 g/mol. The summed E-state index contributed by atoms with van der Waals surface area (Å²) >= 11 is -0.742. The van der Waals surface area contributed by atoms with Gasteiger partial charge >= 0.3 is 0 Å². The lowest BCUT2D eigenvalue weighted by Crippen LogP contribution is -2.15. The van der Waals surface area contributed by atoms with E-state index in [2.05, 4.69) is 27.7 Å². The Morgan fingerprint density at radius 1 is 1.00 bits per heavy atom. The van der Waals surface area contributed by atoms with Gasteiger partial charge in [0, 0.05) is 0 Å². The van der Waals surface area contributed by atoms with Crippen LogP contribution in [0.1, 0.15) is 53.4 Å². The molecule has 0 heterocycles. The lowest BCUT2D eigenvalue weighted by atomic mass is 10.1. The highest BCUT2D eigenvalue weighted by atomic mass is 27.2. The van der Waals surface area contributed by atoms with E-state index >= 15 is 0 Å². The molecule has 2 atom stereocenters. The first kappa shape index (κ1) is 16.2. The Kier molecular flexibility index (Phi) is 10.5. The third-order valence-electron chi connectivity index (χ3n) is 3.96. The van der Waals surface area contributed by atoms with Gasteiger partial charge in [-0.1, -0.05) is 63.9 Å². The minimum Gasteiger partial charge on any atom is -0.305 e. The van der Waals surface area contributed by atoms with Crippen molar-refractivity contribution in [3.63, 3.8) is 0 Å². The zero-order valence-corrected chi connectivity index (χ0v) is 12.8. The molecule has 0 aliphatic rings. The van der Waals surface area contributed by atoms with Gasteiger partial charge in [0.25, 0.3) is 14.1 Å². The lowest BCUT2D eigenvalue weighted by molar-refractivity contribution is -0.106. The molecule has 0 aliphatic carbocycles. The van der Waals surface area contributed by atoms with Crippen LogP contribution in [0.3, 0.4) is 0 Å². The van der Waals surface area contributed by atoms with Gasteiger partial charge in [0.1, 0.15) is 6.29 Å². The summed E-state index contributed by atoms with van der Waals surface area (Å²) in [5.74, 6) is 1.70. The predicted octanol–water partition coefficient (Wildman–Crippen LogP) is 4.55. The minimum absolute atomic E-state index is 0.742. The Labute approximate surface area is 106 Å². The summed E-state index contributed by atoms with van der Waals surface area (Å²) in [5.41, 5.74) is 0. The smallest absolute Gasteiger partial charge is 0.271 e. The van der Waals surface area contributed by atoms with E-state index in [0.717, 1.165) is 17.1 Å². The molecule has 0 aromatic rings. The second kappa shape index (κ2) is 10.4. The number of hydrogen-bond acceptors (Lipinski definition) is 1. The fourth-order valence-corrected chi connectivity index (χ4v) is 5.08. The van der Waals surface area contributed by atoms with E-state index in [4.69, 9.17) is 0 Å². The third-order valence-corrected chi connectivity index (χ3v) is 7.12. The van der Waals surface area contributed by atoms with Crippen LogP contribution in [0.4, 0.5) is 0 Å². The van der Waals surface area contributed by atoms with Gasteiger partial charge in [-0.05, 0) is 17.1 Å². The van der Waals surface area contributed by atoms with Crippen LogP contribution in [0.2, 0.25) is 15.8 Å². The van der Waals surface area contributed by atoms with Crippen LogP contribution in [0.5, 0.6) is 0 Å². The van der Waals surface area contributed by atoms with Crippen molar-refractivity contribution in [1.82, 2.24) is 0 Å². The number of carbonyl (C=O) groups is 1. The summed E-state index contributed by atoms with van der Waals surface area (Å²) in [4.78, 5) is 10.7. The summed E-state index contributed by atoms with van der Waals surface area (Å²) in [6.45, 7) is 9.20. The van der Waals surface area contributed by atoms with Crippen molar-refractivity contribution in [2.75, 3.05) is 0 Å². The minimum atomic E-state index is -0.742. The zero-order valence-electron chi connectivity index (χ0n) is 11.7. The number of hydrogen-bond donors (Lipinski definition) is 0. The van der Waals surface area contributed by atoms with Crippen molar-refractivity contribution in [1.29, 1.82) is 0 Å². The molecule has 2 heteroatoms. The largest absolute Gasteiger partial charge is 0.305 e. The van der Waals surface area contributed by atoms with E-state index < -0.39 is 14.1 Å². The molecule has 0 aromatic heterocycles. The van der Waals surface area contributed by atoms with Gasteiger partial charge in [-0.2, -0.15) is 0 Å². The highest BCUT2D eigenvalue weighted by Gasteiger charge is 2.17. The monoisotopic (exact) mass is 240 g/mol. The van der Waals surface area contributed by atoms with Crippen molar-refractivity contribution in [3.05, 3.63) is 0 Å². The molecule has 16 heavy (non-hydrogen) atoms. The van der Waals surface area contributed by atoms with E-state index in [-0.39, 0.29) is 0 Å². The zero-order chi connectivity index (χ0) is 12.4. The molecule has 0 saturated carbocycles. The van der Waals surface area contributed by atoms with E-state index in [9.17, 15) is 4.79 Å². The van der Waals surface area contributed by atoms with Gasteiger partial charge in [0.2, 0.25) is 0 Å². The van der Waals surface area contributed by atoms with Crippen LogP contribution in [0.25, 0.3) is 0 Å². The van der Waals surface area contributed by atoms with Crippen LogP contribution < -0.4 is 0 Å². The summed E-state index contributed by atoms with van der Waals surface area (Å²) in [7, 11) is 0. The molecule has 0 radical (unpaired) electrons. The highest BCUT2D eigenvalue weighted by Crippen LogP contribution is 2.19. The first-order chi connectivity index (χ1) is 7.63. The highest BCUT2D eigenvalue weighted by molar-refractivity contribution is 6.61. The number of rotatable bonds is 10. The number of carbonyl (C=O) groups excluding carboxylic acids is 1. The Hall–Kier alpha value is 0.202. The fourth-order valence-electron chi connectivity index (χ4n) is 1.96. The molecule has 0 saturated heterocycles. The molecule has 0 bridgehead atoms. The molecule has 0 spiro atoms. The summed E-state index contributed by atoms with van der Waals surface area (Å²) in [5, 5.41) is 3.67. The Morgan fingerprint density at radius 3 is 1.75 bits per heavy atom. The van der Waals surface area contributed by atoms with Gasteiger partial charge in [-0.25, -0.2) is 0 Å². The number of aldehydes is 1. The molecule has 0 fully saturated rings. The van der Waals surface area contributed by atoms with Gasteiger partial charge in [-0.15, -0.1) is 0 Å². The van der Waals surface area contributed by atoms with Crippen LogP contribution in [-0.4, -0.2) is 20.4 Å². The maximum atomic E-state index is 10.7. The molecule has 0 rings (SSSR count). The van der Waals surface area contributed by atoms with Crippen LogP contribution in [0, 0.1) is 11.8 Å². The Bertz CT molecular complexity index is 156. The summed E-state index contributed by atoms with van der Waals surface area (Å²) < 4.78 is 0. The molecule has 0 aliphatic heterocycles. The van der Waals surface area contributed by atoms with E-state index in [1.807, 2.05) is 0 Å². The summed E-state index contributed by atoms with van der Waals surface area (Å²) in [6, 6.07) is 0. The second-order valence-corrected chi connectivity index (χ2v) is 8.81.